The lowest BCUT2D eigenvalue weighted by atomic mass is 9.35. The number of hydrogen-bond donors (Lipinski definition) is 0. The summed E-state index contributed by atoms with van der Waals surface area (Å²) >= 11 is 3.78. The van der Waals surface area contributed by atoms with Gasteiger partial charge in [0, 0.05) is 105 Å². The maximum absolute atomic E-state index is 2.52. The molecule has 0 saturated heterocycles. The van der Waals surface area contributed by atoms with E-state index in [1.165, 1.54) is 75.0 Å². The maximum Gasteiger partial charge on any atom is 0.249 e. The Balaban J connectivity index is 0.762. The van der Waals surface area contributed by atoms with Crippen molar-refractivity contribution in [1.29, 1.82) is 0 Å². The molecule has 0 spiro atoms. The van der Waals surface area contributed by atoms with Crippen LogP contribution in [0.2, 0.25) is 0 Å². The monoisotopic (exact) mass is 1220 g/mol. The van der Waals surface area contributed by atoms with E-state index >= 15 is 0 Å². The number of fused-ring (bicyclic) bond motifs is 8. The highest BCUT2D eigenvalue weighted by Crippen LogP contribution is 2.49. The van der Waals surface area contributed by atoms with E-state index in [9.17, 15) is 0 Å². The quantitative estimate of drug-likeness (QED) is 0.112. The van der Waals surface area contributed by atoms with Crippen molar-refractivity contribution in [2.45, 2.75) is 19.6 Å². The van der Waals surface area contributed by atoms with Crippen molar-refractivity contribution in [3.05, 3.63) is 346 Å². The number of para-hydroxylation sites is 7. The fourth-order valence-electron chi connectivity index (χ4n) is 14.7. The molecule has 5 nitrogen and oxygen atoms in total. The molecule has 9 heteroatoms. The van der Waals surface area contributed by atoms with Crippen molar-refractivity contribution in [2.24, 2.45) is 0 Å². The molecule has 0 N–H and O–H groups in total. The SMILES string of the molecule is c1ccc(N(c2ccccc2)c2ccc3c(c2)Sc2cccc4c2B3c2ccc(N(c3ccccc3)c3ccc(-c5cc6c7c(c5)N(c5ccccc5)c5cc(N(c8ccccc8)c8ccccc8)ccc5B7c5ccccc5S6)cc3)cc2N4c2ccccc2)cc1. The first-order valence-corrected chi connectivity index (χ1v) is 33.4. The van der Waals surface area contributed by atoms with Gasteiger partial charge in [0.25, 0.3) is 0 Å². The zero-order valence-corrected chi connectivity index (χ0v) is 52.2. The standard InChI is InChI=1S/C84H57B2N5S2/c1-8-25-60(26-9-1)87(61-27-10-2-11-28-61)68-47-51-72-77(56-68)91(66-37-20-7-21-38-66)78-53-59(54-82-84(78)85(72)73-39-22-23-41-79(73)92-82)58-43-45-67(46-44-58)89(64-33-16-5-17-34-64)69-48-50-71-76(55-69)90(65-35-18-6-19-36-65)75-40-24-42-80-83(75)86(71)74-52-49-70(57-81(74)93-80)88(62-29-12-3-13-30-62)63-31-14-4-15-32-63/h1-57H. The minimum Gasteiger partial charge on any atom is -0.311 e. The topological polar surface area (TPSA) is 16.2 Å². The first-order chi connectivity index (χ1) is 46.1. The van der Waals surface area contributed by atoms with Crippen LogP contribution >= 0.6 is 23.5 Å². The zero-order chi connectivity index (χ0) is 61.3. The van der Waals surface area contributed by atoms with Gasteiger partial charge in [0.2, 0.25) is 13.4 Å². The average molecular weight is 1220 g/mol. The van der Waals surface area contributed by atoms with Gasteiger partial charge >= 0.3 is 0 Å². The van der Waals surface area contributed by atoms with E-state index in [1.54, 1.807) is 0 Å². The van der Waals surface area contributed by atoms with Crippen LogP contribution in [0.3, 0.4) is 0 Å². The number of benzene rings is 14. The molecule has 4 aliphatic rings. The maximum atomic E-state index is 2.52. The summed E-state index contributed by atoms with van der Waals surface area (Å²) in [6, 6.07) is 127. The van der Waals surface area contributed by atoms with Crippen LogP contribution in [0.4, 0.5) is 85.3 Å². The molecule has 4 aliphatic heterocycles. The Hall–Kier alpha value is -11.1. The lowest BCUT2D eigenvalue weighted by Crippen LogP contribution is -2.59. The second-order valence-corrected chi connectivity index (χ2v) is 26.2. The van der Waals surface area contributed by atoms with Gasteiger partial charge in [0.05, 0.1) is 0 Å². The Morgan fingerprint density at radius 3 is 1.08 bits per heavy atom. The highest BCUT2D eigenvalue weighted by molar-refractivity contribution is 8.00. The first-order valence-electron chi connectivity index (χ1n) is 31.8. The molecular formula is C84H57B2N5S2. The van der Waals surface area contributed by atoms with Crippen molar-refractivity contribution >= 4 is 155 Å². The minimum absolute atomic E-state index is 0.00672. The summed E-state index contributed by atoms with van der Waals surface area (Å²) in [5.41, 5.74) is 27.1. The Bertz CT molecular complexity index is 5050. The van der Waals surface area contributed by atoms with Crippen LogP contribution < -0.4 is 57.3 Å². The van der Waals surface area contributed by atoms with Crippen molar-refractivity contribution in [3.63, 3.8) is 0 Å². The van der Waals surface area contributed by atoms with Crippen LogP contribution in [0.1, 0.15) is 0 Å². The smallest absolute Gasteiger partial charge is 0.249 e. The van der Waals surface area contributed by atoms with Crippen LogP contribution in [0, 0.1) is 0 Å². The summed E-state index contributed by atoms with van der Waals surface area (Å²) in [6.45, 7) is 0.0434. The molecule has 0 saturated carbocycles. The molecule has 436 valence electrons. The van der Waals surface area contributed by atoms with E-state index < -0.39 is 0 Å². The van der Waals surface area contributed by atoms with E-state index in [2.05, 4.69) is 370 Å². The van der Waals surface area contributed by atoms with E-state index in [1.807, 2.05) is 23.5 Å². The minimum atomic E-state index is 0.00672. The van der Waals surface area contributed by atoms with E-state index in [0.29, 0.717) is 0 Å². The van der Waals surface area contributed by atoms with E-state index in [0.717, 1.165) is 73.8 Å². The van der Waals surface area contributed by atoms with E-state index in [-0.39, 0.29) is 13.4 Å². The molecule has 0 amide bonds. The van der Waals surface area contributed by atoms with Gasteiger partial charge in [-0.2, -0.15) is 0 Å². The van der Waals surface area contributed by atoms with Gasteiger partial charge < -0.3 is 24.5 Å². The molecule has 93 heavy (non-hydrogen) atoms. The fourth-order valence-corrected chi connectivity index (χ4v) is 17.1. The number of nitrogens with zero attached hydrogens (tertiary/aromatic N) is 5. The van der Waals surface area contributed by atoms with Gasteiger partial charge in [0.1, 0.15) is 0 Å². The van der Waals surface area contributed by atoms with E-state index in [4.69, 9.17) is 0 Å². The Kier molecular flexibility index (Phi) is 13.5. The molecule has 4 heterocycles. The first kappa shape index (κ1) is 54.8. The molecule has 18 rings (SSSR count). The Morgan fingerprint density at radius 2 is 0.581 bits per heavy atom. The van der Waals surface area contributed by atoms with Crippen LogP contribution in [-0.2, 0) is 0 Å². The normalized spacial score (nSPS) is 12.8. The predicted molar refractivity (Wildman–Crippen MR) is 396 cm³/mol. The highest BCUT2D eigenvalue weighted by atomic mass is 32.2. The second-order valence-electron chi connectivity index (χ2n) is 24.0. The van der Waals surface area contributed by atoms with Gasteiger partial charge in [0.15, 0.2) is 0 Å². The van der Waals surface area contributed by atoms with Crippen molar-refractivity contribution in [1.82, 2.24) is 0 Å². The predicted octanol–water partition coefficient (Wildman–Crippen LogP) is 19.3. The molecule has 0 atom stereocenters. The van der Waals surface area contributed by atoms with Gasteiger partial charge in [-0.25, -0.2) is 0 Å². The summed E-state index contributed by atoms with van der Waals surface area (Å²) in [7, 11) is 0. The molecule has 0 aromatic heterocycles. The van der Waals surface area contributed by atoms with Crippen molar-refractivity contribution in [3.8, 4) is 11.1 Å². The summed E-state index contributed by atoms with van der Waals surface area (Å²) < 4.78 is 0. The molecule has 0 radical (unpaired) electrons. The van der Waals surface area contributed by atoms with Gasteiger partial charge in [-0.1, -0.05) is 216 Å². The summed E-state index contributed by atoms with van der Waals surface area (Å²) in [5.74, 6) is 0. The number of hydrogen-bond acceptors (Lipinski definition) is 7. The Morgan fingerprint density at radius 1 is 0.215 bits per heavy atom. The summed E-state index contributed by atoms with van der Waals surface area (Å²) in [6.07, 6.45) is 0. The molecule has 0 bridgehead atoms. The third kappa shape index (κ3) is 9.45. The summed E-state index contributed by atoms with van der Waals surface area (Å²) in [5, 5.41) is 0. The molecule has 14 aromatic carbocycles. The van der Waals surface area contributed by atoms with Crippen LogP contribution in [0.15, 0.2) is 365 Å². The van der Waals surface area contributed by atoms with Crippen molar-refractivity contribution < 1.29 is 0 Å². The van der Waals surface area contributed by atoms with Crippen LogP contribution in [-0.4, -0.2) is 13.4 Å². The van der Waals surface area contributed by atoms with Gasteiger partial charge in [-0.3, -0.25) is 0 Å². The third-order valence-corrected chi connectivity index (χ3v) is 21.0. The second kappa shape index (κ2) is 23.0. The zero-order valence-electron chi connectivity index (χ0n) is 50.6. The highest BCUT2D eigenvalue weighted by Gasteiger charge is 2.43. The molecule has 0 fully saturated rings. The molecular weight excluding hydrogens is 1160 g/mol. The van der Waals surface area contributed by atoms with Crippen LogP contribution in [0.5, 0.6) is 0 Å². The molecule has 14 aromatic rings. The van der Waals surface area contributed by atoms with Gasteiger partial charge in [-0.15, -0.1) is 0 Å². The van der Waals surface area contributed by atoms with Gasteiger partial charge in [-0.05, 0) is 197 Å². The number of rotatable bonds is 12. The van der Waals surface area contributed by atoms with Crippen LogP contribution in [0.25, 0.3) is 11.1 Å². The average Bonchev–Trinajstić information content (AvgIpc) is 0.725. The fraction of sp³-hybridized carbons (Fsp3) is 0. The lowest BCUT2D eigenvalue weighted by molar-refractivity contribution is 1.24. The molecule has 0 aliphatic carbocycles. The molecule has 0 unspecified atom stereocenters. The number of anilines is 15. The largest absolute Gasteiger partial charge is 0.311 e. The lowest BCUT2D eigenvalue weighted by Gasteiger charge is -2.41. The van der Waals surface area contributed by atoms with Crippen molar-refractivity contribution in [2.75, 3.05) is 24.5 Å². The Labute approximate surface area is 552 Å². The summed E-state index contributed by atoms with van der Waals surface area (Å²) in [4.78, 5) is 17.3. The third-order valence-electron chi connectivity index (χ3n) is 18.7.